The molecule has 0 saturated carbocycles. The van der Waals surface area contributed by atoms with Crippen molar-refractivity contribution in [2.75, 3.05) is 18.9 Å². The first-order valence-corrected chi connectivity index (χ1v) is 6.22. The molecular weight excluding hydrogens is 256 g/mol. The Morgan fingerprint density at radius 1 is 1.25 bits per heavy atom. The Bertz CT molecular complexity index is 574. The lowest BCUT2D eigenvalue weighted by atomic mass is 10.2. The van der Waals surface area contributed by atoms with Crippen LogP contribution in [0.3, 0.4) is 0 Å². The van der Waals surface area contributed by atoms with E-state index in [2.05, 4.69) is 9.97 Å². The standard InChI is InChI=1S/C14H16N4O2/c15-13-9-16-8-12(17-13)14(20)18(6-7-19)10-11-4-2-1-3-5-11/h1-5,8-9,19H,6-7,10H2,(H2,15,17). The van der Waals surface area contributed by atoms with E-state index in [1.165, 1.54) is 17.3 Å². The van der Waals surface area contributed by atoms with Crippen LogP contribution >= 0.6 is 0 Å². The number of aliphatic hydroxyl groups excluding tert-OH is 1. The Kier molecular flexibility index (Phi) is 4.62. The summed E-state index contributed by atoms with van der Waals surface area (Å²) in [5, 5.41) is 9.11. The third-order valence-corrected chi connectivity index (χ3v) is 2.75. The van der Waals surface area contributed by atoms with Crippen LogP contribution in [0.2, 0.25) is 0 Å². The minimum absolute atomic E-state index is 0.117. The summed E-state index contributed by atoms with van der Waals surface area (Å²) in [5.41, 5.74) is 6.68. The van der Waals surface area contributed by atoms with Crippen molar-refractivity contribution in [2.24, 2.45) is 0 Å². The number of anilines is 1. The van der Waals surface area contributed by atoms with Crippen LogP contribution in [-0.4, -0.2) is 39.0 Å². The highest BCUT2D eigenvalue weighted by molar-refractivity contribution is 5.92. The number of carbonyl (C=O) groups excluding carboxylic acids is 1. The molecule has 2 aromatic rings. The van der Waals surface area contributed by atoms with Gasteiger partial charge in [-0.2, -0.15) is 0 Å². The normalized spacial score (nSPS) is 10.2. The summed E-state index contributed by atoms with van der Waals surface area (Å²) in [6.07, 6.45) is 2.75. The number of nitrogens with two attached hydrogens (primary N) is 1. The van der Waals surface area contributed by atoms with Gasteiger partial charge in [0, 0.05) is 13.1 Å². The number of aromatic nitrogens is 2. The summed E-state index contributed by atoms with van der Waals surface area (Å²) in [5.74, 6) is -0.109. The van der Waals surface area contributed by atoms with Gasteiger partial charge in [0.2, 0.25) is 0 Å². The first-order chi connectivity index (χ1) is 9.70. The maximum atomic E-state index is 12.3. The van der Waals surface area contributed by atoms with E-state index >= 15 is 0 Å². The highest BCUT2D eigenvalue weighted by atomic mass is 16.3. The smallest absolute Gasteiger partial charge is 0.274 e. The number of aliphatic hydroxyl groups is 1. The highest BCUT2D eigenvalue weighted by Gasteiger charge is 2.17. The molecule has 104 valence electrons. The van der Waals surface area contributed by atoms with Crippen LogP contribution < -0.4 is 5.73 Å². The Hall–Kier alpha value is -2.47. The van der Waals surface area contributed by atoms with E-state index in [-0.39, 0.29) is 30.6 Å². The molecule has 3 N–H and O–H groups in total. The first-order valence-electron chi connectivity index (χ1n) is 6.22. The molecule has 0 aliphatic rings. The van der Waals surface area contributed by atoms with Gasteiger partial charge in [0.05, 0.1) is 19.0 Å². The third kappa shape index (κ3) is 3.52. The number of amides is 1. The average Bonchev–Trinajstić information content (AvgIpc) is 2.47. The lowest BCUT2D eigenvalue weighted by Crippen LogP contribution is -2.33. The predicted octanol–water partition coefficient (Wildman–Crippen LogP) is 0.693. The van der Waals surface area contributed by atoms with Gasteiger partial charge in [-0.15, -0.1) is 0 Å². The Balaban J connectivity index is 2.18. The fourth-order valence-corrected chi connectivity index (χ4v) is 1.82. The van der Waals surface area contributed by atoms with Crippen molar-refractivity contribution in [3.63, 3.8) is 0 Å². The molecule has 0 saturated heterocycles. The van der Waals surface area contributed by atoms with Gasteiger partial charge in [0.1, 0.15) is 11.5 Å². The van der Waals surface area contributed by atoms with Crippen molar-refractivity contribution in [2.45, 2.75) is 6.54 Å². The number of hydrogen-bond donors (Lipinski definition) is 2. The Labute approximate surface area is 116 Å². The maximum Gasteiger partial charge on any atom is 0.274 e. The molecule has 1 aromatic carbocycles. The molecule has 0 atom stereocenters. The van der Waals surface area contributed by atoms with E-state index in [4.69, 9.17) is 10.8 Å². The molecule has 0 fully saturated rings. The molecule has 0 aliphatic carbocycles. The molecule has 0 spiro atoms. The van der Waals surface area contributed by atoms with E-state index in [9.17, 15) is 4.79 Å². The fourth-order valence-electron chi connectivity index (χ4n) is 1.82. The van der Waals surface area contributed by atoms with E-state index < -0.39 is 0 Å². The number of benzene rings is 1. The van der Waals surface area contributed by atoms with Crippen LogP contribution in [0.15, 0.2) is 42.7 Å². The van der Waals surface area contributed by atoms with Crippen LogP contribution in [0.25, 0.3) is 0 Å². The topological polar surface area (TPSA) is 92.3 Å². The van der Waals surface area contributed by atoms with E-state index in [1.807, 2.05) is 30.3 Å². The van der Waals surface area contributed by atoms with E-state index in [0.717, 1.165) is 5.56 Å². The fraction of sp³-hybridized carbons (Fsp3) is 0.214. The molecule has 0 bridgehead atoms. The molecule has 6 nitrogen and oxygen atoms in total. The monoisotopic (exact) mass is 272 g/mol. The van der Waals surface area contributed by atoms with E-state index in [1.54, 1.807) is 0 Å². The minimum atomic E-state index is -0.303. The number of hydrogen-bond acceptors (Lipinski definition) is 5. The predicted molar refractivity (Wildman–Crippen MR) is 74.7 cm³/mol. The van der Waals surface area contributed by atoms with Gasteiger partial charge in [0.25, 0.3) is 5.91 Å². The van der Waals surface area contributed by atoms with Gasteiger partial charge in [-0.05, 0) is 5.56 Å². The van der Waals surface area contributed by atoms with Crippen molar-refractivity contribution < 1.29 is 9.90 Å². The minimum Gasteiger partial charge on any atom is -0.395 e. The number of nitrogen functional groups attached to an aromatic ring is 1. The molecule has 0 unspecified atom stereocenters. The lowest BCUT2D eigenvalue weighted by molar-refractivity contribution is 0.0701. The van der Waals surface area contributed by atoms with Crippen LogP contribution in [-0.2, 0) is 6.54 Å². The lowest BCUT2D eigenvalue weighted by Gasteiger charge is -2.21. The van der Waals surface area contributed by atoms with Crippen LogP contribution in [0.4, 0.5) is 5.82 Å². The van der Waals surface area contributed by atoms with Crippen molar-refractivity contribution in [3.05, 3.63) is 54.0 Å². The molecule has 1 heterocycles. The summed E-state index contributed by atoms with van der Waals surface area (Å²) in [4.78, 5) is 21.7. The summed E-state index contributed by atoms with van der Waals surface area (Å²) < 4.78 is 0. The van der Waals surface area contributed by atoms with Crippen molar-refractivity contribution in [1.82, 2.24) is 14.9 Å². The van der Waals surface area contributed by atoms with Gasteiger partial charge in [0.15, 0.2) is 0 Å². The third-order valence-electron chi connectivity index (χ3n) is 2.75. The zero-order valence-electron chi connectivity index (χ0n) is 10.9. The molecule has 2 rings (SSSR count). The largest absolute Gasteiger partial charge is 0.395 e. The van der Waals surface area contributed by atoms with Gasteiger partial charge in [-0.25, -0.2) is 4.98 Å². The molecule has 1 amide bonds. The van der Waals surface area contributed by atoms with Crippen LogP contribution in [0.1, 0.15) is 16.1 Å². The van der Waals surface area contributed by atoms with Crippen LogP contribution in [0, 0.1) is 0 Å². The Morgan fingerprint density at radius 2 is 2.00 bits per heavy atom. The van der Waals surface area contributed by atoms with Crippen molar-refractivity contribution in [3.8, 4) is 0 Å². The summed E-state index contributed by atoms with van der Waals surface area (Å²) >= 11 is 0. The first kappa shape index (κ1) is 14.0. The number of carbonyl (C=O) groups is 1. The molecule has 0 radical (unpaired) electrons. The van der Waals surface area contributed by atoms with Crippen molar-refractivity contribution in [1.29, 1.82) is 0 Å². The highest BCUT2D eigenvalue weighted by Crippen LogP contribution is 2.08. The summed E-state index contributed by atoms with van der Waals surface area (Å²) in [6, 6.07) is 9.55. The molecule has 20 heavy (non-hydrogen) atoms. The molecule has 0 aliphatic heterocycles. The zero-order valence-corrected chi connectivity index (χ0v) is 10.9. The zero-order chi connectivity index (χ0) is 14.4. The van der Waals surface area contributed by atoms with Gasteiger partial charge >= 0.3 is 0 Å². The number of nitrogens with zero attached hydrogens (tertiary/aromatic N) is 3. The SMILES string of the molecule is Nc1cncc(C(=O)N(CCO)Cc2ccccc2)n1. The summed E-state index contributed by atoms with van der Waals surface area (Å²) in [6.45, 7) is 0.509. The Morgan fingerprint density at radius 3 is 2.65 bits per heavy atom. The number of rotatable bonds is 5. The summed E-state index contributed by atoms with van der Waals surface area (Å²) in [7, 11) is 0. The van der Waals surface area contributed by atoms with Gasteiger partial charge in [-0.3, -0.25) is 9.78 Å². The quantitative estimate of drug-likeness (QED) is 0.835. The molecule has 6 heteroatoms. The van der Waals surface area contributed by atoms with Gasteiger partial charge in [-0.1, -0.05) is 30.3 Å². The second-order valence-electron chi connectivity index (χ2n) is 4.27. The molecular formula is C14H16N4O2. The maximum absolute atomic E-state index is 12.3. The molecule has 1 aromatic heterocycles. The van der Waals surface area contributed by atoms with Gasteiger partial charge < -0.3 is 15.7 Å². The second kappa shape index (κ2) is 6.63. The van der Waals surface area contributed by atoms with Crippen LogP contribution in [0.5, 0.6) is 0 Å². The second-order valence-corrected chi connectivity index (χ2v) is 4.27. The van der Waals surface area contributed by atoms with E-state index in [0.29, 0.717) is 6.54 Å². The average molecular weight is 272 g/mol. The van der Waals surface area contributed by atoms with Crippen molar-refractivity contribution >= 4 is 11.7 Å².